The summed E-state index contributed by atoms with van der Waals surface area (Å²) in [5.74, 6) is 1.46. The van der Waals surface area contributed by atoms with Gasteiger partial charge in [0, 0.05) is 26.9 Å². The maximum Gasteiger partial charge on any atom is 0.163 e. The van der Waals surface area contributed by atoms with Crippen molar-refractivity contribution in [2.24, 2.45) is 0 Å². The smallest absolute Gasteiger partial charge is 0.163 e. The highest BCUT2D eigenvalue weighted by atomic mass is 79.9. The van der Waals surface area contributed by atoms with Gasteiger partial charge in [-0.15, -0.1) is 0 Å². The Morgan fingerprint density at radius 2 is 2.00 bits per heavy atom. The van der Waals surface area contributed by atoms with Crippen LogP contribution in [-0.4, -0.2) is 18.7 Å². The van der Waals surface area contributed by atoms with Crippen molar-refractivity contribution in [2.75, 3.05) is 19.0 Å². The summed E-state index contributed by atoms with van der Waals surface area (Å²) >= 11 is 6.90. The van der Waals surface area contributed by atoms with Crippen LogP contribution in [0.25, 0.3) is 0 Å². The first-order chi connectivity index (χ1) is 10.1. The molecule has 0 saturated carbocycles. The van der Waals surface area contributed by atoms with Crippen LogP contribution in [-0.2, 0) is 6.54 Å². The third-order valence-corrected chi connectivity index (χ3v) is 3.93. The molecule has 0 aliphatic carbocycles. The number of pyridine rings is 1. The van der Waals surface area contributed by atoms with Crippen molar-refractivity contribution in [3.8, 4) is 11.5 Å². The molecule has 1 aromatic carbocycles. The average Bonchev–Trinajstić information content (AvgIpc) is 2.47. The van der Waals surface area contributed by atoms with Crippen molar-refractivity contribution < 1.29 is 9.47 Å². The quantitative estimate of drug-likeness (QED) is 0.747. The second-order valence-corrected chi connectivity index (χ2v) is 6.00. The Labute approximate surface area is 141 Å². The van der Waals surface area contributed by atoms with Crippen LogP contribution in [0.5, 0.6) is 11.5 Å². The summed E-state index contributed by atoms with van der Waals surface area (Å²) in [7, 11) is 1.63. The molecule has 21 heavy (non-hydrogen) atoms. The number of hydrogen-bond acceptors (Lipinski definition) is 4. The molecule has 1 N–H and O–H groups in total. The zero-order valence-corrected chi connectivity index (χ0v) is 15.0. The van der Waals surface area contributed by atoms with Gasteiger partial charge in [0.15, 0.2) is 11.5 Å². The Bertz CT molecular complexity index is 621. The molecule has 0 aliphatic rings. The normalized spacial score (nSPS) is 10.3. The van der Waals surface area contributed by atoms with Gasteiger partial charge in [0.25, 0.3) is 0 Å². The van der Waals surface area contributed by atoms with Gasteiger partial charge < -0.3 is 14.8 Å². The van der Waals surface area contributed by atoms with Crippen LogP contribution >= 0.6 is 31.9 Å². The minimum atomic E-state index is 0.597. The van der Waals surface area contributed by atoms with Crippen LogP contribution in [0.15, 0.2) is 39.4 Å². The van der Waals surface area contributed by atoms with Crippen molar-refractivity contribution in [3.63, 3.8) is 0 Å². The Morgan fingerprint density at radius 1 is 1.19 bits per heavy atom. The topological polar surface area (TPSA) is 43.4 Å². The largest absolute Gasteiger partial charge is 0.493 e. The summed E-state index contributed by atoms with van der Waals surface area (Å²) in [6.07, 6.45) is 1.78. The molecule has 0 aliphatic heterocycles. The lowest BCUT2D eigenvalue weighted by molar-refractivity contribution is 0.311. The molecule has 1 aromatic heterocycles. The number of benzene rings is 1. The van der Waals surface area contributed by atoms with Crippen molar-refractivity contribution in [2.45, 2.75) is 13.5 Å². The number of nitrogens with one attached hydrogen (secondary N) is 1. The van der Waals surface area contributed by atoms with Gasteiger partial charge in [-0.1, -0.05) is 0 Å². The molecule has 6 heteroatoms. The highest BCUT2D eigenvalue weighted by Gasteiger charge is 2.07. The number of methoxy groups -OCH3 is 1. The fourth-order valence-electron chi connectivity index (χ4n) is 1.81. The van der Waals surface area contributed by atoms with E-state index in [1.807, 2.05) is 31.2 Å². The number of anilines is 1. The standard InChI is InChI=1S/C15H16Br2N2O2/c1-3-21-15-7-11(4-5-14(15)20-2)18-9-13-12(17)6-10(16)8-19-13/h4-8,18H,3,9H2,1-2H3. The Balaban J connectivity index is 2.10. The van der Waals surface area contributed by atoms with Crippen molar-refractivity contribution in [1.82, 2.24) is 4.98 Å². The molecular weight excluding hydrogens is 400 g/mol. The van der Waals surface area contributed by atoms with E-state index in [1.54, 1.807) is 13.3 Å². The molecule has 0 unspecified atom stereocenters. The molecule has 0 spiro atoms. The molecular formula is C15H16Br2N2O2. The maximum absolute atomic E-state index is 5.56. The number of halogens is 2. The van der Waals surface area contributed by atoms with Crippen LogP contribution in [0.1, 0.15) is 12.6 Å². The molecule has 2 rings (SSSR count). The third-order valence-electron chi connectivity index (χ3n) is 2.81. The molecule has 0 radical (unpaired) electrons. The maximum atomic E-state index is 5.56. The number of hydrogen-bond donors (Lipinski definition) is 1. The zero-order chi connectivity index (χ0) is 15.2. The van der Waals surface area contributed by atoms with Crippen molar-refractivity contribution in [3.05, 3.63) is 45.1 Å². The lowest BCUT2D eigenvalue weighted by atomic mass is 10.2. The first kappa shape index (κ1) is 16.1. The summed E-state index contributed by atoms with van der Waals surface area (Å²) in [6.45, 7) is 3.16. The minimum absolute atomic E-state index is 0.597. The predicted octanol–water partition coefficient (Wildman–Crippen LogP) is 4.63. The van der Waals surface area contributed by atoms with E-state index in [9.17, 15) is 0 Å². The Morgan fingerprint density at radius 3 is 2.67 bits per heavy atom. The van der Waals surface area contributed by atoms with E-state index in [4.69, 9.17) is 9.47 Å². The van der Waals surface area contributed by atoms with Gasteiger partial charge in [-0.25, -0.2) is 0 Å². The lowest BCUT2D eigenvalue weighted by Gasteiger charge is -2.12. The second kappa shape index (κ2) is 7.66. The number of ether oxygens (including phenoxy) is 2. The fourth-order valence-corrected chi connectivity index (χ4v) is 2.94. The molecule has 1 heterocycles. The van der Waals surface area contributed by atoms with Crippen LogP contribution in [0.2, 0.25) is 0 Å². The third kappa shape index (κ3) is 4.35. The van der Waals surface area contributed by atoms with Crippen LogP contribution < -0.4 is 14.8 Å². The van der Waals surface area contributed by atoms with Gasteiger partial charge in [0.1, 0.15) is 0 Å². The predicted molar refractivity (Wildman–Crippen MR) is 91.1 cm³/mol. The first-order valence-corrected chi connectivity index (χ1v) is 8.07. The van der Waals surface area contributed by atoms with Crippen LogP contribution in [0.4, 0.5) is 5.69 Å². The van der Waals surface area contributed by atoms with Crippen LogP contribution in [0.3, 0.4) is 0 Å². The first-order valence-electron chi connectivity index (χ1n) is 6.48. The number of rotatable bonds is 6. The summed E-state index contributed by atoms with van der Waals surface area (Å²) < 4.78 is 12.7. The Kier molecular flexibility index (Phi) is 5.87. The molecule has 2 aromatic rings. The highest BCUT2D eigenvalue weighted by molar-refractivity contribution is 9.11. The van der Waals surface area contributed by atoms with E-state index in [2.05, 4.69) is 42.2 Å². The van der Waals surface area contributed by atoms with Gasteiger partial charge >= 0.3 is 0 Å². The van der Waals surface area contributed by atoms with Gasteiger partial charge in [-0.05, 0) is 57.0 Å². The summed E-state index contributed by atoms with van der Waals surface area (Å²) in [6, 6.07) is 7.74. The number of aromatic nitrogens is 1. The van der Waals surface area contributed by atoms with E-state index >= 15 is 0 Å². The second-order valence-electron chi connectivity index (χ2n) is 4.23. The Hall–Kier alpha value is -1.27. The van der Waals surface area contributed by atoms with Gasteiger partial charge in [-0.3, -0.25) is 4.98 Å². The molecule has 4 nitrogen and oxygen atoms in total. The van der Waals surface area contributed by atoms with E-state index in [-0.39, 0.29) is 0 Å². The van der Waals surface area contributed by atoms with Gasteiger partial charge in [0.05, 0.1) is 26.0 Å². The summed E-state index contributed by atoms with van der Waals surface area (Å²) in [5.41, 5.74) is 1.89. The van der Waals surface area contributed by atoms with Crippen molar-refractivity contribution in [1.29, 1.82) is 0 Å². The SMILES string of the molecule is CCOc1cc(NCc2ncc(Br)cc2Br)ccc1OC. The fraction of sp³-hybridized carbons (Fsp3) is 0.267. The van der Waals surface area contributed by atoms with E-state index < -0.39 is 0 Å². The molecule has 0 saturated heterocycles. The van der Waals surface area contributed by atoms with E-state index in [0.29, 0.717) is 13.2 Å². The molecule has 0 bridgehead atoms. The number of nitrogens with zero attached hydrogens (tertiary/aromatic N) is 1. The monoisotopic (exact) mass is 414 g/mol. The van der Waals surface area contributed by atoms with Crippen molar-refractivity contribution >= 4 is 37.5 Å². The average molecular weight is 416 g/mol. The van der Waals surface area contributed by atoms with Gasteiger partial charge in [0.2, 0.25) is 0 Å². The molecule has 0 fully saturated rings. The summed E-state index contributed by atoms with van der Waals surface area (Å²) in [4.78, 5) is 4.37. The molecule has 112 valence electrons. The minimum Gasteiger partial charge on any atom is -0.493 e. The summed E-state index contributed by atoms with van der Waals surface area (Å²) in [5, 5.41) is 3.33. The molecule has 0 atom stereocenters. The lowest BCUT2D eigenvalue weighted by Crippen LogP contribution is -2.03. The highest BCUT2D eigenvalue weighted by Crippen LogP contribution is 2.30. The molecule has 0 amide bonds. The van der Waals surface area contributed by atoms with E-state index in [0.717, 1.165) is 31.8 Å². The van der Waals surface area contributed by atoms with E-state index in [1.165, 1.54) is 0 Å². The van der Waals surface area contributed by atoms with Crippen LogP contribution in [0, 0.1) is 0 Å². The zero-order valence-electron chi connectivity index (χ0n) is 11.8. The van der Waals surface area contributed by atoms with Gasteiger partial charge in [-0.2, -0.15) is 0 Å².